The van der Waals surface area contributed by atoms with E-state index >= 15 is 0 Å². The molecule has 0 amide bonds. The predicted octanol–water partition coefficient (Wildman–Crippen LogP) is 1.76. The van der Waals surface area contributed by atoms with Crippen molar-refractivity contribution in [1.29, 1.82) is 0 Å². The van der Waals surface area contributed by atoms with Gasteiger partial charge in [-0.25, -0.2) is 14.8 Å². The van der Waals surface area contributed by atoms with Crippen LogP contribution < -0.4 is 0 Å². The first-order valence-electron chi connectivity index (χ1n) is 4.02. The minimum absolute atomic E-state index is 0.0349. The fourth-order valence-electron chi connectivity index (χ4n) is 0.961. The van der Waals surface area contributed by atoms with E-state index in [9.17, 15) is 18.0 Å². The molecule has 0 fully saturated rings. The third kappa shape index (κ3) is 2.42. The predicted molar refractivity (Wildman–Crippen MR) is 43.4 cm³/mol. The number of carbonyl (C=O) groups is 1. The first-order valence-corrected chi connectivity index (χ1v) is 4.02. The Balaban J connectivity index is 3.36. The van der Waals surface area contributed by atoms with Crippen LogP contribution in [0.25, 0.3) is 0 Å². The highest BCUT2D eigenvalue weighted by Crippen LogP contribution is 2.30. The second-order valence-corrected chi connectivity index (χ2v) is 2.70. The van der Waals surface area contributed by atoms with Crippen LogP contribution in [0.5, 0.6) is 0 Å². The highest BCUT2D eigenvalue weighted by molar-refractivity contribution is 5.88. The van der Waals surface area contributed by atoms with E-state index in [1.165, 1.54) is 0 Å². The lowest BCUT2D eigenvalue weighted by Gasteiger charge is -2.09. The lowest BCUT2D eigenvalue weighted by molar-refractivity contribution is -0.141. The third-order valence-electron chi connectivity index (χ3n) is 1.65. The monoisotopic (exact) mass is 220 g/mol. The third-order valence-corrected chi connectivity index (χ3v) is 1.65. The molecule has 1 aromatic heterocycles. The standard InChI is InChI=1S/C8H7F3N2O2/c1-2-5-12-3-4(7(14)15)6(13-5)8(9,10)11/h3H,2H2,1H3,(H,14,15). The van der Waals surface area contributed by atoms with Crippen LogP contribution in [0, 0.1) is 0 Å². The smallest absolute Gasteiger partial charge is 0.434 e. The quantitative estimate of drug-likeness (QED) is 0.824. The molecular formula is C8H7F3N2O2. The molecule has 1 rings (SSSR count). The van der Waals surface area contributed by atoms with Gasteiger partial charge in [0.05, 0.1) is 0 Å². The van der Waals surface area contributed by atoms with Crippen LogP contribution in [0.4, 0.5) is 13.2 Å². The van der Waals surface area contributed by atoms with Crippen molar-refractivity contribution >= 4 is 5.97 Å². The fourth-order valence-corrected chi connectivity index (χ4v) is 0.961. The van der Waals surface area contributed by atoms with Gasteiger partial charge in [0.1, 0.15) is 11.4 Å². The van der Waals surface area contributed by atoms with Gasteiger partial charge in [0, 0.05) is 12.6 Å². The van der Waals surface area contributed by atoms with E-state index in [-0.39, 0.29) is 12.2 Å². The lowest BCUT2D eigenvalue weighted by Crippen LogP contribution is -2.17. The van der Waals surface area contributed by atoms with Gasteiger partial charge in [0.2, 0.25) is 0 Å². The van der Waals surface area contributed by atoms with Crippen LogP contribution in [0.15, 0.2) is 6.20 Å². The summed E-state index contributed by atoms with van der Waals surface area (Å²) in [5.74, 6) is -1.72. The second kappa shape index (κ2) is 3.84. The Morgan fingerprint density at radius 3 is 2.53 bits per heavy atom. The molecule has 0 radical (unpaired) electrons. The summed E-state index contributed by atoms with van der Waals surface area (Å²) in [6.07, 6.45) is -3.89. The molecule has 0 saturated carbocycles. The molecule has 0 bridgehead atoms. The number of alkyl halides is 3. The van der Waals surface area contributed by atoms with E-state index in [0.29, 0.717) is 6.20 Å². The maximum Gasteiger partial charge on any atom is 0.434 e. The van der Waals surface area contributed by atoms with Crippen molar-refractivity contribution in [3.63, 3.8) is 0 Å². The highest BCUT2D eigenvalue weighted by Gasteiger charge is 2.37. The van der Waals surface area contributed by atoms with E-state index < -0.39 is 23.4 Å². The van der Waals surface area contributed by atoms with Crippen LogP contribution in [-0.4, -0.2) is 21.0 Å². The number of nitrogens with zero attached hydrogens (tertiary/aromatic N) is 2. The van der Waals surface area contributed by atoms with Crippen molar-refractivity contribution in [1.82, 2.24) is 9.97 Å². The second-order valence-electron chi connectivity index (χ2n) is 2.70. The number of aromatic carboxylic acids is 1. The summed E-state index contributed by atoms with van der Waals surface area (Å²) in [7, 11) is 0. The zero-order valence-corrected chi connectivity index (χ0v) is 7.67. The van der Waals surface area contributed by atoms with Gasteiger partial charge in [-0.1, -0.05) is 6.92 Å². The van der Waals surface area contributed by atoms with Gasteiger partial charge in [0.25, 0.3) is 0 Å². The summed E-state index contributed by atoms with van der Waals surface area (Å²) in [5, 5.41) is 8.51. The number of rotatable bonds is 2. The molecule has 4 nitrogen and oxygen atoms in total. The summed E-state index contributed by atoms with van der Waals surface area (Å²) in [5.41, 5.74) is -2.33. The van der Waals surface area contributed by atoms with Crippen LogP contribution >= 0.6 is 0 Å². The van der Waals surface area contributed by atoms with E-state index in [1.807, 2.05) is 0 Å². The van der Waals surface area contributed by atoms with Gasteiger partial charge < -0.3 is 5.11 Å². The van der Waals surface area contributed by atoms with Crippen LogP contribution in [0.2, 0.25) is 0 Å². The molecule has 0 unspecified atom stereocenters. The summed E-state index contributed by atoms with van der Waals surface area (Å²) in [6, 6.07) is 0. The number of carboxylic acids is 1. The van der Waals surface area contributed by atoms with Crippen LogP contribution in [0.3, 0.4) is 0 Å². The summed E-state index contributed by atoms with van der Waals surface area (Å²) < 4.78 is 37.1. The Morgan fingerprint density at radius 1 is 1.53 bits per heavy atom. The minimum atomic E-state index is -4.78. The van der Waals surface area contributed by atoms with Crippen molar-refractivity contribution in [2.75, 3.05) is 0 Å². The molecule has 0 aliphatic carbocycles. The Bertz CT molecular complexity index is 390. The molecule has 0 spiro atoms. The van der Waals surface area contributed by atoms with Gasteiger partial charge in [-0.2, -0.15) is 13.2 Å². The number of hydrogen-bond donors (Lipinski definition) is 1. The number of carboxylic acid groups (broad SMARTS) is 1. The fraction of sp³-hybridized carbons (Fsp3) is 0.375. The van der Waals surface area contributed by atoms with Gasteiger partial charge in [-0.15, -0.1) is 0 Å². The maximum absolute atomic E-state index is 12.4. The summed E-state index contributed by atoms with van der Waals surface area (Å²) in [4.78, 5) is 17.2. The molecule has 1 heterocycles. The molecule has 0 aliphatic heterocycles. The largest absolute Gasteiger partial charge is 0.478 e. The number of aryl methyl sites for hydroxylation is 1. The first kappa shape index (κ1) is 11.4. The van der Waals surface area contributed by atoms with Crippen molar-refractivity contribution in [3.05, 3.63) is 23.3 Å². The van der Waals surface area contributed by atoms with E-state index in [0.717, 1.165) is 0 Å². The van der Waals surface area contributed by atoms with E-state index in [1.54, 1.807) is 6.92 Å². The first-order chi connectivity index (χ1) is 6.86. The molecule has 15 heavy (non-hydrogen) atoms. The molecule has 0 aromatic carbocycles. The van der Waals surface area contributed by atoms with Crippen LogP contribution in [0.1, 0.15) is 28.8 Å². The number of aromatic nitrogens is 2. The van der Waals surface area contributed by atoms with Crippen molar-refractivity contribution in [2.24, 2.45) is 0 Å². The maximum atomic E-state index is 12.4. The van der Waals surface area contributed by atoms with Gasteiger partial charge >= 0.3 is 12.1 Å². The molecule has 1 aromatic rings. The topological polar surface area (TPSA) is 63.1 Å². The Hall–Kier alpha value is -1.66. The molecule has 0 atom stereocenters. The summed E-state index contributed by atoms with van der Waals surface area (Å²) >= 11 is 0. The zero-order chi connectivity index (χ0) is 11.6. The average Bonchev–Trinajstić information content (AvgIpc) is 2.15. The van der Waals surface area contributed by atoms with Crippen molar-refractivity contribution in [2.45, 2.75) is 19.5 Å². The Morgan fingerprint density at radius 2 is 2.13 bits per heavy atom. The van der Waals surface area contributed by atoms with Gasteiger partial charge in [-0.05, 0) is 0 Å². The normalized spacial score (nSPS) is 11.5. The SMILES string of the molecule is CCc1ncc(C(=O)O)c(C(F)(F)F)n1. The van der Waals surface area contributed by atoms with Crippen LogP contribution in [-0.2, 0) is 12.6 Å². The van der Waals surface area contributed by atoms with Crippen molar-refractivity contribution < 1.29 is 23.1 Å². The lowest BCUT2D eigenvalue weighted by atomic mass is 10.2. The summed E-state index contributed by atoms with van der Waals surface area (Å²) in [6.45, 7) is 1.58. The molecule has 0 aliphatic rings. The average molecular weight is 220 g/mol. The molecule has 82 valence electrons. The van der Waals surface area contributed by atoms with Gasteiger partial charge in [0.15, 0.2) is 5.69 Å². The van der Waals surface area contributed by atoms with Crippen molar-refractivity contribution in [3.8, 4) is 0 Å². The van der Waals surface area contributed by atoms with E-state index in [4.69, 9.17) is 5.11 Å². The number of halogens is 3. The Kier molecular flexibility index (Phi) is 2.92. The molecule has 1 N–H and O–H groups in total. The van der Waals surface area contributed by atoms with E-state index in [2.05, 4.69) is 9.97 Å². The molecule has 0 saturated heterocycles. The zero-order valence-electron chi connectivity index (χ0n) is 7.67. The highest BCUT2D eigenvalue weighted by atomic mass is 19.4. The molecule has 7 heteroatoms. The molecular weight excluding hydrogens is 213 g/mol. The van der Waals surface area contributed by atoms with Gasteiger partial charge in [-0.3, -0.25) is 0 Å². The minimum Gasteiger partial charge on any atom is -0.478 e. The Labute approximate surface area is 82.8 Å². The number of hydrogen-bond acceptors (Lipinski definition) is 3.